The van der Waals surface area contributed by atoms with Crippen molar-refractivity contribution in [1.82, 2.24) is 9.97 Å². The first-order valence-corrected chi connectivity index (χ1v) is 11.8. The first-order chi connectivity index (χ1) is 18.7. The Morgan fingerprint density at radius 2 is 0.878 bits per heavy atom. The van der Waals surface area contributed by atoms with Crippen LogP contribution in [0.2, 0.25) is 0 Å². The third-order valence-corrected chi connectivity index (χ3v) is 4.89. The standard InChI is InChI=1S/C24H20N2O2.3C2H4O2.Mn/c1-15-5-3-7-19(23(15)27)17-9-11-21(25-13-17)22-12-10-18(14-26-22)20-8-4-6-16(2)24(20)28;3*1-2(3)4;/h3-14,27-28H,1-2H3;3*1H3,(H,3,4);/q;;;;+3/p-3. The first kappa shape index (κ1) is 36.3. The Morgan fingerprint density at radius 1 is 0.585 bits per heavy atom. The topological polar surface area (TPSA) is 187 Å². The van der Waals surface area contributed by atoms with Gasteiger partial charge in [-0.25, -0.2) is 0 Å². The molecule has 4 aromatic rings. The van der Waals surface area contributed by atoms with Crippen molar-refractivity contribution < 1.29 is 57.0 Å². The Kier molecular flexibility index (Phi) is 15.7. The van der Waals surface area contributed by atoms with Crippen molar-refractivity contribution in [3.8, 4) is 45.1 Å². The van der Waals surface area contributed by atoms with Crippen molar-refractivity contribution in [3.63, 3.8) is 0 Å². The molecule has 2 aromatic carbocycles. The molecule has 2 aromatic heterocycles. The van der Waals surface area contributed by atoms with Gasteiger partial charge in [0.05, 0.1) is 11.4 Å². The van der Waals surface area contributed by atoms with Gasteiger partial charge in [-0.2, -0.15) is 0 Å². The fourth-order valence-corrected chi connectivity index (χ4v) is 3.19. The van der Waals surface area contributed by atoms with Gasteiger partial charge in [-0.15, -0.1) is 0 Å². The van der Waals surface area contributed by atoms with Crippen molar-refractivity contribution in [3.05, 3.63) is 84.2 Å². The van der Waals surface area contributed by atoms with Crippen LogP contribution >= 0.6 is 0 Å². The maximum absolute atomic E-state index is 10.3. The molecule has 0 amide bonds. The molecular weight excluding hydrogens is 571 g/mol. The third kappa shape index (κ3) is 12.8. The second-order valence-electron chi connectivity index (χ2n) is 8.28. The van der Waals surface area contributed by atoms with Crippen LogP contribution in [0.3, 0.4) is 0 Å². The van der Waals surface area contributed by atoms with E-state index >= 15 is 0 Å². The minimum absolute atomic E-state index is 0. The van der Waals surface area contributed by atoms with Crippen molar-refractivity contribution >= 4 is 17.9 Å². The molecule has 214 valence electrons. The molecule has 4 rings (SSSR count). The van der Waals surface area contributed by atoms with E-state index in [2.05, 4.69) is 9.97 Å². The van der Waals surface area contributed by atoms with E-state index < -0.39 is 17.9 Å². The Balaban J connectivity index is 0.00000105. The van der Waals surface area contributed by atoms with E-state index in [1.54, 1.807) is 12.4 Å². The molecule has 0 saturated heterocycles. The van der Waals surface area contributed by atoms with Gasteiger partial charge in [0, 0.05) is 52.6 Å². The summed E-state index contributed by atoms with van der Waals surface area (Å²) in [6.07, 6.45) is 3.48. The van der Waals surface area contributed by atoms with Gasteiger partial charge >= 0.3 is 17.1 Å². The summed E-state index contributed by atoms with van der Waals surface area (Å²) in [6.45, 7) is 6.66. The number of phenolic OH excluding ortho intramolecular Hbond substituents is 2. The summed E-state index contributed by atoms with van der Waals surface area (Å²) in [5.41, 5.74) is 6.38. The SMILES string of the molecule is CC(=O)[O-].CC(=O)[O-].CC(=O)[O-].Cc1cccc(-c2ccc(-c3ccc(-c4cccc(C)c4O)cn3)nc2)c1O.[Mn+3]. The average Bonchev–Trinajstić information content (AvgIpc) is 2.87. The Labute approximate surface area is 248 Å². The summed E-state index contributed by atoms with van der Waals surface area (Å²) < 4.78 is 0. The molecule has 0 saturated carbocycles. The van der Waals surface area contributed by atoms with Crippen LogP contribution < -0.4 is 15.3 Å². The number of carboxylic acid groups (broad SMARTS) is 3. The van der Waals surface area contributed by atoms with Crippen molar-refractivity contribution in [1.29, 1.82) is 0 Å². The second-order valence-corrected chi connectivity index (χ2v) is 8.28. The quantitative estimate of drug-likeness (QED) is 0.328. The molecule has 41 heavy (non-hydrogen) atoms. The molecule has 0 fully saturated rings. The van der Waals surface area contributed by atoms with E-state index in [1.165, 1.54) is 0 Å². The number of carbonyl (C=O) groups excluding carboxylic acids is 3. The van der Waals surface area contributed by atoms with Gasteiger partial charge in [0.1, 0.15) is 11.5 Å². The number of aromatic nitrogens is 2. The molecule has 2 N–H and O–H groups in total. The number of hydrogen-bond acceptors (Lipinski definition) is 10. The zero-order chi connectivity index (χ0) is 30.4. The molecule has 0 atom stereocenters. The third-order valence-electron chi connectivity index (χ3n) is 4.89. The van der Waals surface area contributed by atoms with Gasteiger partial charge in [0.15, 0.2) is 0 Å². The molecule has 0 spiro atoms. The minimum Gasteiger partial charge on any atom is -0.550 e. The van der Waals surface area contributed by atoms with Crippen LogP contribution in [0, 0.1) is 13.8 Å². The maximum atomic E-state index is 10.3. The number of pyridine rings is 2. The second kappa shape index (κ2) is 17.8. The van der Waals surface area contributed by atoms with E-state index in [-0.39, 0.29) is 28.6 Å². The fraction of sp³-hybridized carbons (Fsp3) is 0.167. The molecule has 2 heterocycles. The van der Waals surface area contributed by atoms with E-state index in [0.29, 0.717) is 0 Å². The van der Waals surface area contributed by atoms with Crippen LogP contribution in [-0.2, 0) is 31.5 Å². The summed E-state index contributed by atoms with van der Waals surface area (Å²) in [6, 6.07) is 19.0. The number of rotatable bonds is 3. The number of aryl methyl sites for hydroxylation is 2. The first-order valence-electron chi connectivity index (χ1n) is 11.8. The molecule has 0 radical (unpaired) electrons. The van der Waals surface area contributed by atoms with Gasteiger partial charge in [-0.1, -0.05) is 48.5 Å². The van der Waals surface area contributed by atoms with Crippen molar-refractivity contribution in [2.45, 2.75) is 34.6 Å². The molecule has 0 aliphatic heterocycles. The minimum atomic E-state index is -1.08. The monoisotopic (exact) mass is 600 g/mol. The van der Waals surface area contributed by atoms with Gasteiger partial charge in [0.2, 0.25) is 0 Å². The van der Waals surface area contributed by atoms with Crippen LogP contribution in [0.5, 0.6) is 11.5 Å². The van der Waals surface area contributed by atoms with Crippen LogP contribution in [0.15, 0.2) is 73.1 Å². The number of aromatic hydroxyl groups is 2. The fourth-order valence-electron chi connectivity index (χ4n) is 3.19. The zero-order valence-electron chi connectivity index (χ0n) is 23.0. The Hall–Kier alpha value is -4.73. The number of benzene rings is 2. The predicted molar refractivity (Wildman–Crippen MR) is 143 cm³/mol. The molecule has 10 nitrogen and oxygen atoms in total. The van der Waals surface area contributed by atoms with E-state index in [0.717, 1.165) is 65.5 Å². The smallest absolute Gasteiger partial charge is 0.550 e. The molecule has 0 unspecified atom stereocenters. The van der Waals surface area contributed by atoms with Crippen LogP contribution in [0.25, 0.3) is 33.6 Å². The normalized spacial score (nSPS) is 9.20. The maximum Gasteiger partial charge on any atom is 3.00 e. The number of para-hydroxylation sites is 2. The Bertz CT molecular complexity index is 1310. The zero-order valence-corrected chi connectivity index (χ0v) is 24.2. The van der Waals surface area contributed by atoms with E-state index in [1.807, 2.05) is 74.5 Å². The molecule has 0 aliphatic carbocycles. The van der Waals surface area contributed by atoms with Crippen LogP contribution in [0.4, 0.5) is 0 Å². The molecule has 0 aliphatic rings. The summed E-state index contributed by atoms with van der Waals surface area (Å²) >= 11 is 0. The average molecular weight is 601 g/mol. The van der Waals surface area contributed by atoms with Crippen LogP contribution in [0.1, 0.15) is 31.9 Å². The van der Waals surface area contributed by atoms with Gasteiger partial charge in [-0.3, -0.25) is 9.97 Å². The molecule has 0 bridgehead atoms. The van der Waals surface area contributed by atoms with Crippen LogP contribution in [-0.4, -0.2) is 38.1 Å². The Morgan fingerprint density at radius 3 is 1.12 bits per heavy atom. The van der Waals surface area contributed by atoms with Gasteiger partial charge in [0.25, 0.3) is 0 Å². The number of hydrogen-bond donors (Lipinski definition) is 2. The summed E-state index contributed by atoms with van der Waals surface area (Å²) in [7, 11) is 0. The number of nitrogens with zero attached hydrogens (tertiary/aromatic N) is 2. The van der Waals surface area contributed by atoms with Crippen molar-refractivity contribution in [2.75, 3.05) is 0 Å². The number of phenols is 2. The van der Waals surface area contributed by atoms with Crippen molar-refractivity contribution in [2.24, 2.45) is 0 Å². The number of aliphatic carboxylic acids is 3. The molecule has 11 heteroatoms. The summed E-state index contributed by atoms with van der Waals surface area (Å²) in [5.74, 6) is -2.70. The summed E-state index contributed by atoms with van der Waals surface area (Å²) in [4.78, 5) is 35.7. The van der Waals surface area contributed by atoms with E-state index in [4.69, 9.17) is 29.7 Å². The number of carboxylic acids is 3. The van der Waals surface area contributed by atoms with Gasteiger partial charge in [-0.05, 0) is 57.9 Å². The predicted octanol–water partition coefficient (Wildman–Crippen LogP) is 1.77. The van der Waals surface area contributed by atoms with Gasteiger partial charge < -0.3 is 39.9 Å². The largest absolute Gasteiger partial charge is 3.00 e. The number of carbonyl (C=O) groups is 3. The molecular formula is C30H29MnN2O8. The van der Waals surface area contributed by atoms with E-state index in [9.17, 15) is 10.2 Å². The summed E-state index contributed by atoms with van der Waals surface area (Å²) in [5, 5.41) is 47.2.